The number of nitrogens with zero attached hydrogens (tertiary/aromatic N) is 1. The van der Waals surface area contributed by atoms with Gasteiger partial charge in [-0.05, 0) is 18.8 Å². The number of nitrogen functional groups attached to an aromatic ring is 1. The fraction of sp³-hybridized carbons (Fsp3) is 0.462. The maximum absolute atomic E-state index is 12.1. The summed E-state index contributed by atoms with van der Waals surface area (Å²) in [6.07, 6.45) is 1.79. The molecule has 3 N–H and O–H groups in total. The average molecular weight is 314 g/mol. The van der Waals surface area contributed by atoms with Crippen LogP contribution in [0.4, 0.5) is 11.4 Å². The molecule has 1 aromatic rings. The number of halogens is 1. The van der Waals surface area contributed by atoms with E-state index in [4.69, 9.17) is 22.1 Å². The molecule has 0 saturated carbocycles. The van der Waals surface area contributed by atoms with Crippen LogP contribution in [0.1, 0.15) is 23.2 Å². The van der Waals surface area contributed by atoms with Gasteiger partial charge in [0.25, 0.3) is 11.6 Å². The molecule has 1 aliphatic rings. The molecule has 8 heteroatoms. The predicted molar refractivity (Wildman–Crippen MR) is 78.4 cm³/mol. The number of nitrogens with one attached hydrogen (secondary N) is 1. The van der Waals surface area contributed by atoms with Crippen LogP contribution in [0.3, 0.4) is 0 Å². The standard InChI is InChI=1S/C13H16ClN3O4/c14-11-6-9(17(19)20)5-10(12(11)15)13(18)16-3-1-8-2-4-21-7-8/h5-6,8H,1-4,7,15H2,(H,16,18). The predicted octanol–water partition coefficient (Wildman–Crippen LogP) is 1.99. The summed E-state index contributed by atoms with van der Waals surface area (Å²) in [5, 5.41) is 13.5. The Bertz CT molecular complexity index is 559. The van der Waals surface area contributed by atoms with Crippen LogP contribution >= 0.6 is 11.6 Å². The second-order valence-corrected chi connectivity index (χ2v) is 5.33. The topological polar surface area (TPSA) is 107 Å². The molecule has 0 aliphatic carbocycles. The van der Waals surface area contributed by atoms with Crippen molar-refractivity contribution in [3.8, 4) is 0 Å². The Labute approximate surface area is 126 Å². The van der Waals surface area contributed by atoms with E-state index in [1.165, 1.54) is 0 Å². The number of hydrogen-bond donors (Lipinski definition) is 2. The van der Waals surface area contributed by atoms with Crippen molar-refractivity contribution < 1.29 is 14.5 Å². The maximum Gasteiger partial charge on any atom is 0.271 e. The zero-order valence-corrected chi connectivity index (χ0v) is 12.1. The van der Waals surface area contributed by atoms with Crippen LogP contribution in [0.15, 0.2) is 12.1 Å². The van der Waals surface area contributed by atoms with Crippen LogP contribution in [-0.2, 0) is 4.74 Å². The molecule has 2 rings (SSSR count). The Morgan fingerprint density at radius 1 is 1.57 bits per heavy atom. The highest BCUT2D eigenvalue weighted by molar-refractivity contribution is 6.34. The third kappa shape index (κ3) is 3.83. The van der Waals surface area contributed by atoms with E-state index in [9.17, 15) is 14.9 Å². The number of carbonyl (C=O) groups is 1. The summed E-state index contributed by atoms with van der Waals surface area (Å²) >= 11 is 5.82. The third-order valence-electron chi connectivity index (χ3n) is 3.43. The molecule has 0 spiro atoms. The molecule has 1 atom stereocenters. The van der Waals surface area contributed by atoms with Gasteiger partial charge in [0, 0.05) is 31.9 Å². The number of amides is 1. The third-order valence-corrected chi connectivity index (χ3v) is 3.74. The lowest BCUT2D eigenvalue weighted by Crippen LogP contribution is -2.27. The monoisotopic (exact) mass is 313 g/mol. The summed E-state index contributed by atoms with van der Waals surface area (Å²) in [5.41, 5.74) is 5.52. The minimum absolute atomic E-state index is 0.00135. The molecule has 1 saturated heterocycles. The largest absolute Gasteiger partial charge is 0.397 e. The number of rotatable bonds is 5. The van der Waals surface area contributed by atoms with Crippen molar-refractivity contribution in [2.75, 3.05) is 25.5 Å². The molecule has 21 heavy (non-hydrogen) atoms. The van der Waals surface area contributed by atoms with Crippen LogP contribution < -0.4 is 11.1 Å². The fourth-order valence-electron chi connectivity index (χ4n) is 2.19. The lowest BCUT2D eigenvalue weighted by Gasteiger charge is -2.10. The first-order valence-electron chi connectivity index (χ1n) is 6.58. The number of benzene rings is 1. The summed E-state index contributed by atoms with van der Waals surface area (Å²) in [4.78, 5) is 22.2. The SMILES string of the molecule is Nc1c(Cl)cc([N+](=O)[O-])cc1C(=O)NCCC1CCOC1. The van der Waals surface area contributed by atoms with Crippen LogP contribution in [0.5, 0.6) is 0 Å². The smallest absolute Gasteiger partial charge is 0.271 e. The molecule has 1 aliphatic heterocycles. The maximum atomic E-state index is 12.1. The Morgan fingerprint density at radius 3 is 2.95 bits per heavy atom. The Balaban J connectivity index is 2.02. The van der Waals surface area contributed by atoms with E-state index in [1.807, 2.05) is 0 Å². The fourth-order valence-corrected chi connectivity index (χ4v) is 2.41. The molecular formula is C13H16ClN3O4. The zero-order chi connectivity index (χ0) is 15.4. The summed E-state index contributed by atoms with van der Waals surface area (Å²) < 4.78 is 5.25. The Morgan fingerprint density at radius 2 is 2.33 bits per heavy atom. The number of ether oxygens (including phenoxy) is 1. The van der Waals surface area contributed by atoms with E-state index >= 15 is 0 Å². The molecule has 1 heterocycles. The van der Waals surface area contributed by atoms with Crippen LogP contribution in [0.25, 0.3) is 0 Å². The van der Waals surface area contributed by atoms with Crippen molar-refractivity contribution in [3.05, 3.63) is 32.8 Å². The number of anilines is 1. The van der Waals surface area contributed by atoms with Gasteiger partial charge in [0.15, 0.2) is 0 Å². The Kier molecular flexibility index (Phi) is 4.98. The molecule has 0 radical (unpaired) electrons. The van der Waals surface area contributed by atoms with Crippen molar-refractivity contribution in [2.45, 2.75) is 12.8 Å². The van der Waals surface area contributed by atoms with Gasteiger partial charge in [-0.3, -0.25) is 14.9 Å². The van der Waals surface area contributed by atoms with Crippen LogP contribution in [0, 0.1) is 16.0 Å². The van der Waals surface area contributed by atoms with Gasteiger partial charge in [-0.1, -0.05) is 11.6 Å². The average Bonchev–Trinajstić information content (AvgIpc) is 2.94. The van der Waals surface area contributed by atoms with Crippen molar-refractivity contribution >= 4 is 28.9 Å². The van der Waals surface area contributed by atoms with Crippen molar-refractivity contribution in [3.63, 3.8) is 0 Å². The van der Waals surface area contributed by atoms with E-state index in [0.29, 0.717) is 19.1 Å². The second kappa shape index (κ2) is 6.73. The first kappa shape index (κ1) is 15.5. The highest BCUT2D eigenvalue weighted by Gasteiger charge is 2.20. The first-order valence-corrected chi connectivity index (χ1v) is 6.96. The minimum Gasteiger partial charge on any atom is -0.397 e. The van der Waals surface area contributed by atoms with Gasteiger partial charge in [-0.15, -0.1) is 0 Å². The number of nitrogens with two attached hydrogens (primary N) is 1. The number of nitro benzene ring substituents is 1. The number of non-ortho nitro benzene ring substituents is 1. The number of carbonyl (C=O) groups excluding carboxylic acids is 1. The number of hydrogen-bond acceptors (Lipinski definition) is 5. The van der Waals surface area contributed by atoms with E-state index < -0.39 is 10.8 Å². The quantitative estimate of drug-likeness (QED) is 0.491. The van der Waals surface area contributed by atoms with E-state index in [1.54, 1.807) is 0 Å². The highest BCUT2D eigenvalue weighted by atomic mass is 35.5. The lowest BCUT2D eigenvalue weighted by atomic mass is 10.1. The van der Waals surface area contributed by atoms with Gasteiger partial charge in [0.05, 0.1) is 21.2 Å². The molecule has 1 amide bonds. The normalized spacial score (nSPS) is 17.7. The van der Waals surface area contributed by atoms with Gasteiger partial charge in [-0.2, -0.15) is 0 Å². The van der Waals surface area contributed by atoms with E-state index in [2.05, 4.69) is 5.32 Å². The summed E-state index contributed by atoms with van der Waals surface area (Å²) in [6.45, 7) is 1.93. The van der Waals surface area contributed by atoms with E-state index in [-0.39, 0.29) is 22.0 Å². The highest BCUT2D eigenvalue weighted by Crippen LogP contribution is 2.28. The van der Waals surface area contributed by atoms with Gasteiger partial charge >= 0.3 is 0 Å². The molecule has 1 aromatic carbocycles. The lowest BCUT2D eigenvalue weighted by molar-refractivity contribution is -0.384. The second-order valence-electron chi connectivity index (χ2n) is 4.92. The summed E-state index contributed by atoms with van der Waals surface area (Å²) in [7, 11) is 0. The van der Waals surface area contributed by atoms with E-state index in [0.717, 1.165) is 31.6 Å². The van der Waals surface area contributed by atoms with Crippen LogP contribution in [-0.4, -0.2) is 30.6 Å². The van der Waals surface area contributed by atoms with Crippen molar-refractivity contribution in [1.82, 2.24) is 5.32 Å². The molecular weight excluding hydrogens is 298 g/mol. The summed E-state index contributed by atoms with van der Waals surface area (Å²) in [5.74, 6) is -0.0200. The summed E-state index contributed by atoms with van der Waals surface area (Å²) in [6, 6.07) is 2.26. The molecule has 1 fully saturated rings. The van der Waals surface area contributed by atoms with Gasteiger partial charge < -0.3 is 15.8 Å². The van der Waals surface area contributed by atoms with Crippen LogP contribution in [0.2, 0.25) is 5.02 Å². The first-order chi connectivity index (χ1) is 9.99. The number of nitro groups is 1. The zero-order valence-electron chi connectivity index (χ0n) is 11.3. The molecule has 0 bridgehead atoms. The Hall–Kier alpha value is -1.86. The minimum atomic E-state index is -0.613. The van der Waals surface area contributed by atoms with Crippen molar-refractivity contribution in [2.24, 2.45) is 5.92 Å². The molecule has 7 nitrogen and oxygen atoms in total. The van der Waals surface area contributed by atoms with Gasteiger partial charge in [0.2, 0.25) is 0 Å². The molecule has 0 aromatic heterocycles. The van der Waals surface area contributed by atoms with Gasteiger partial charge in [0.1, 0.15) is 0 Å². The van der Waals surface area contributed by atoms with Gasteiger partial charge in [-0.25, -0.2) is 0 Å². The molecule has 1 unspecified atom stereocenters. The van der Waals surface area contributed by atoms with Crippen molar-refractivity contribution in [1.29, 1.82) is 0 Å². The molecule has 114 valence electrons.